The second kappa shape index (κ2) is 8.68. The molecular formula is C10H17ClN4O6S2. The highest BCUT2D eigenvalue weighted by Crippen LogP contribution is 2.05. The van der Waals surface area contributed by atoms with Gasteiger partial charge in [0, 0.05) is 6.54 Å². The van der Waals surface area contributed by atoms with Crippen molar-refractivity contribution in [2.45, 2.75) is 13.3 Å². The van der Waals surface area contributed by atoms with Crippen LogP contribution in [0.4, 0.5) is 5.95 Å². The molecule has 0 unspecified atom stereocenters. The van der Waals surface area contributed by atoms with Crippen LogP contribution >= 0.6 is 11.6 Å². The zero-order valence-electron chi connectivity index (χ0n) is 12.5. The lowest BCUT2D eigenvalue weighted by Gasteiger charge is -2.07. The van der Waals surface area contributed by atoms with Crippen LogP contribution in [0.1, 0.15) is 12.2 Å². The van der Waals surface area contributed by atoms with Gasteiger partial charge in [-0.2, -0.15) is 18.4 Å². The summed E-state index contributed by atoms with van der Waals surface area (Å²) >= 11 is 5.67. The molecular weight excluding hydrogens is 372 g/mol. The minimum Gasteiger partial charge on any atom is -0.354 e. The highest BCUT2D eigenvalue weighted by Gasteiger charge is 2.15. The molecule has 0 fully saturated rings. The van der Waals surface area contributed by atoms with Gasteiger partial charge in [-0.05, 0) is 24.9 Å². The molecule has 0 aliphatic rings. The molecule has 10 nitrogen and oxygen atoms in total. The smallest absolute Gasteiger partial charge is 0.354 e. The SMILES string of the molecule is COS(=O)(=O)OCCS(=O)(=O)CCCNc1nc(C)nc(Cl)n1. The van der Waals surface area contributed by atoms with Gasteiger partial charge in [-0.25, -0.2) is 17.6 Å². The van der Waals surface area contributed by atoms with Crippen molar-refractivity contribution >= 4 is 37.8 Å². The van der Waals surface area contributed by atoms with Gasteiger partial charge in [0.25, 0.3) is 0 Å². The van der Waals surface area contributed by atoms with Gasteiger partial charge in [-0.15, -0.1) is 0 Å². The maximum atomic E-state index is 11.7. The van der Waals surface area contributed by atoms with Crippen molar-refractivity contribution in [2.24, 2.45) is 0 Å². The van der Waals surface area contributed by atoms with Crippen LogP contribution in [0, 0.1) is 6.92 Å². The molecule has 1 aromatic rings. The molecule has 0 amide bonds. The number of rotatable bonds is 10. The Kier molecular flexibility index (Phi) is 7.54. The van der Waals surface area contributed by atoms with Gasteiger partial charge in [0.15, 0.2) is 9.84 Å². The van der Waals surface area contributed by atoms with E-state index in [1.165, 1.54) is 0 Å². The zero-order chi connectivity index (χ0) is 17.5. The summed E-state index contributed by atoms with van der Waals surface area (Å²) in [6.07, 6.45) is 0.279. The third-order valence-electron chi connectivity index (χ3n) is 2.46. The number of hydrogen-bond acceptors (Lipinski definition) is 10. The predicted molar refractivity (Wildman–Crippen MR) is 83.2 cm³/mol. The Morgan fingerprint density at radius 2 is 1.83 bits per heavy atom. The molecule has 0 radical (unpaired) electrons. The van der Waals surface area contributed by atoms with Crippen LogP contribution in [0.5, 0.6) is 0 Å². The highest BCUT2D eigenvalue weighted by atomic mass is 35.5. The molecule has 13 heteroatoms. The molecule has 132 valence electrons. The van der Waals surface area contributed by atoms with Crippen LogP contribution in [0.2, 0.25) is 5.28 Å². The molecule has 1 N–H and O–H groups in total. The Morgan fingerprint density at radius 3 is 2.43 bits per heavy atom. The maximum Gasteiger partial charge on any atom is 0.399 e. The van der Waals surface area contributed by atoms with Crippen molar-refractivity contribution in [1.29, 1.82) is 0 Å². The summed E-state index contributed by atoms with van der Waals surface area (Å²) in [6.45, 7) is 1.46. The van der Waals surface area contributed by atoms with Gasteiger partial charge in [0.05, 0.1) is 25.2 Å². The minimum atomic E-state index is -4.12. The van der Waals surface area contributed by atoms with Gasteiger partial charge in [-0.3, -0.25) is 4.18 Å². The predicted octanol–water partition coefficient (Wildman–Crippen LogP) is -0.0420. The van der Waals surface area contributed by atoms with E-state index in [0.29, 0.717) is 12.4 Å². The number of hydrogen-bond donors (Lipinski definition) is 1. The first-order valence-corrected chi connectivity index (χ1v) is 9.94. The third-order valence-corrected chi connectivity index (χ3v) is 5.19. The van der Waals surface area contributed by atoms with Gasteiger partial charge < -0.3 is 5.32 Å². The number of nitrogens with one attached hydrogen (secondary N) is 1. The summed E-state index contributed by atoms with van der Waals surface area (Å²) < 4.78 is 53.6. The number of halogens is 1. The average molecular weight is 389 g/mol. The number of anilines is 1. The van der Waals surface area contributed by atoms with Gasteiger partial charge in [-0.1, -0.05) is 0 Å². The lowest BCUT2D eigenvalue weighted by Crippen LogP contribution is -2.20. The Bertz CT molecular complexity index is 705. The summed E-state index contributed by atoms with van der Waals surface area (Å²) in [4.78, 5) is 11.6. The summed E-state index contributed by atoms with van der Waals surface area (Å²) in [5.41, 5.74) is 0. The van der Waals surface area contributed by atoms with Crippen LogP contribution in [0.15, 0.2) is 0 Å². The highest BCUT2D eigenvalue weighted by molar-refractivity contribution is 7.91. The molecule has 0 saturated heterocycles. The standard InChI is InChI=1S/C10H17ClN4O6S2/c1-8-13-9(11)15-10(14-8)12-4-3-6-22(16,17)7-5-21-23(18,19)20-2/h3-7H2,1-2H3,(H,12,13,14,15). The number of aromatic nitrogens is 3. The summed E-state index contributed by atoms with van der Waals surface area (Å²) in [7, 11) is -6.65. The van der Waals surface area contributed by atoms with E-state index >= 15 is 0 Å². The molecule has 1 rings (SSSR count). The Morgan fingerprint density at radius 1 is 1.13 bits per heavy atom. The van der Waals surface area contributed by atoms with Gasteiger partial charge in [0.1, 0.15) is 5.82 Å². The van der Waals surface area contributed by atoms with E-state index in [-0.39, 0.29) is 23.4 Å². The van der Waals surface area contributed by atoms with Crippen LogP contribution < -0.4 is 5.32 Å². The molecule has 0 aliphatic heterocycles. The molecule has 0 bridgehead atoms. The summed E-state index contributed by atoms with van der Waals surface area (Å²) in [5, 5.41) is 2.88. The van der Waals surface area contributed by atoms with Crippen molar-refractivity contribution in [3.05, 3.63) is 11.1 Å². The van der Waals surface area contributed by atoms with Crippen molar-refractivity contribution < 1.29 is 25.2 Å². The second-order valence-corrected chi connectivity index (χ2v) is 8.33. The first kappa shape index (κ1) is 20.0. The lowest BCUT2D eigenvalue weighted by molar-refractivity contribution is 0.255. The van der Waals surface area contributed by atoms with E-state index in [2.05, 4.69) is 28.6 Å². The normalized spacial score (nSPS) is 12.3. The third kappa shape index (κ3) is 8.37. The maximum absolute atomic E-state index is 11.7. The van der Waals surface area contributed by atoms with E-state index in [0.717, 1.165) is 7.11 Å². The second-order valence-electron chi connectivity index (χ2n) is 4.30. The van der Waals surface area contributed by atoms with Crippen molar-refractivity contribution in [3.63, 3.8) is 0 Å². The Labute approximate surface area is 139 Å². The molecule has 0 spiro atoms. The van der Waals surface area contributed by atoms with Crippen molar-refractivity contribution in [1.82, 2.24) is 15.0 Å². The molecule has 0 atom stereocenters. The molecule has 0 saturated carbocycles. The fourth-order valence-electron chi connectivity index (χ4n) is 1.43. The van der Waals surface area contributed by atoms with Crippen molar-refractivity contribution in [3.8, 4) is 0 Å². The zero-order valence-corrected chi connectivity index (χ0v) is 14.9. The van der Waals surface area contributed by atoms with E-state index in [9.17, 15) is 16.8 Å². The Balaban J connectivity index is 2.33. The largest absolute Gasteiger partial charge is 0.399 e. The van der Waals surface area contributed by atoms with Gasteiger partial charge in [0.2, 0.25) is 11.2 Å². The fourth-order valence-corrected chi connectivity index (χ4v) is 3.25. The van der Waals surface area contributed by atoms with E-state index in [1.807, 2.05) is 0 Å². The first-order chi connectivity index (χ1) is 10.6. The summed E-state index contributed by atoms with van der Waals surface area (Å²) in [6, 6.07) is 0. The lowest BCUT2D eigenvalue weighted by atomic mass is 10.5. The van der Waals surface area contributed by atoms with Gasteiger partial charge >= 0.3 is 10.4 Å². The minimum absolute atomic E-state index is 0.0455. The van der Waals surface area contributed by atoms with E-state index in [4.69, 9.17) is 11.6 Å². The van der Waals surface area contributed by atoms with Crippen LogP contribution in [0.25, 0.3) is 0 Å². The van der Waals surface area contributed by atoms with E-state index < -0.39 is 32.6 Å². The fraction of sp³-hybridized carbons (Fsp3) is 0.700. The monoisotopic (exact) mass is 388 g/mol. The van der Waals surface area contributed by atoms with Crippen LogP contribution in [0.3, 0.4) is 0 Å². The molecule has 1 heterocycles. The van der Waals surface area contributed by atoms with Crippen LogP contribution in [-0.4, -0.2) is 63.6 Å². The molecule has 23 heavy (non-hydrogen) atoms. The molecule has 0 aromatic carbocycles. The summed E-state index contributed by atoms with van der Waals surface area (Å²) in [5.74, 6) is 0.131. The average Bonchev–Trinajstić information content (AvgIpc) is 2.42. The number of aryl methyl sites for hydroxylation is 1. The quantitative estimate of drug-likeness (QED) is 0.543. The topological polar surface area (TPSA) is 137 Å². The van der Waals surface area contributed by atoms with Crippen molar-refractivity contribution in [2.75, 3.05) is 37.1 Å². The number of sulfone groups is 1. The van der Waals surface area contributed by atoms with E-state index in [1.54, 1.807) is 6.92 Å². The first-order valence-electron chi connectivity index (χ1n) is 6.41. The Hall–Kier alpha value is -1.08. The molecule has 1 aromatic heterocycles. The molecule has 0 aliphatic carbocycles. The number of nitrogens with zero attached hydrogens (tertiary/aromatic N) is 3. The van der Waals surface area contributed by atoms with Crippen LogP contribution in [-0.2, 0) is 28.6 Å².